The molecule has 0 saturated carbocycles. The van der Waals surface area contributed by atoms with E-state index in [9.17, 15) is 0 Å². The summed E-state index contributed by atoms with van der Waals surface area (Å²) in [5.74, 6) is 1.01. The molecule has 3 heteroatoms. The average Bonchev–Trinajstić information content (AvgIpc) is 2.61. The molecule has 2 aromatic carbocycles. The van der Waals surface area contributed by atoms with Crippen molar-refractivity contribution in [3.8, 4) is 0 Å². The van der Waals surface area contributed by atoms with E-state index >= 15 is 0 Å². The monoisotopic (exact) mass is 340 g/mol. The van der Waals surface area contributed by atoms with Crippen molar-refractivity contribution >= 4 is 19.6 Å². The highest BCUT2D eigenvalue weighted by atomic mass is 31.1. The molecule has 0 spiro atoms. The van der Waals surface area contributed by atoms with Gasteiger partial charge < -0.3 is 5.09 Å². The van der Waals surface area contributed by atoms with E-state index in [1.54, 1.807) is 0 Å². The van der Waals surface area contributed by atoms with Crippen LogP contribution in [0.2, 0.25) is 0 Å². The molecule has 0 saturated heterocycles. The molecular weight excluding hydrogens is 311 g/mol. The highest BCUT2D eigenvalue weighted by Gasteiger charge is 2.10. The summed E-state index contributed by atoms with van der Waals surface area (Å²) in [6.45, 7) is 8.84. The van der Waals surface area contributed by atoms with Crippen LogP contribution in [-0.2, 0) is 6.42 Å². The first kappa shape index (κ1) is 18.7. The summed E-state index contributed by atoms with van der Waals surface area (Å²) in [6, 6.07) is 17.2. The second-order valence-electron chi connectivity index (χ2n) is 5.99. The van der Waals surface area contributed by atoms with Crippen LogP contribution in [0.1, 0.15) is 43.9 Å². The van der Waals surface area contributed by atoms with Gasteiger partial charge in [-0.25, -0.2) is 4.99 Å². The number of amidine groups is 1. The predicted octanol–water partition coefficient (Wildman–Crippen LogP) is 6.05. The van der Waals surface area contributed by atoms with Crippen LogP contribution in [0.25, 0.3) is 0 Å². The number of aliphatic imine (C=N–C) groups is 1. The van der Waals surface area contributed by atoms with Gasteiger partial charge >= 0.3 is 0 Å². The molecular formula is C21H29N2P. The number of nitrogens with zero attached hydrogens (tertiary/aromatic N) is 1. The van der Waals surface area contributed by atoms with Crippen LogP contribution in [0, 0.1) is 6.92 Å². The number of para-hydroxylation sites is 1. The summed E-state index contributed by atoms with van der Waals surface area (Å²) in [7, 11) is -0.221. The molecule has 0 aromatic heterocycles. The summed E-state index contributed by atoms with van der Waals surface area (Å²) in [5, 5.41) is 3.72. The molecule has 128 valence electrons. The Morgan fingerprint density at radius 3 is 2.25 bits per heavy atom. The molecule has 0 bridgehead atoms. The normalized spacial score (nSPS) is 11.8. The van der Waals surface area contributed by atoms with Gasteiger partial charge in [0.25, 0.3) is 0 Å². The molecule has 0 unspecified atom stereocenters. The molecule has 0 aliphatic rings. The van der Waals surface area contributed by atoms with Crippen LogP contribution in [0.4, 0.5) is 5.69 Å². The van der Waals surface area contributed by atoms with E-state index in [1.807, 2.05) is 0 Å². The van der Waals surface area contributed by atoms with Gasteiger partial charge in [-0.05, 0) is 45.4 Å². The van der Waals surface area contributed by atoms with E-state index in [-0.39, 0.29) is 8.07 Å². The lowest BCUT2D eigenvalue weighted by molar-refractivity contribution is 0.921. The van der Waals surface area contributed by atoms with Gasteiger partial charge in [-0.15, -0.1) is 0 Å². The molecule has 2 rings (SSSR count). The summed E-state index contributed by atoms with van der Waals surface area (Å²) in [6.07, 6.45) is 4.52. The fourth-order valence-corrected chi connectivity index (χ4v) is 3.86. The molecule has 0 atom stereocenters. The quantitative estimate of drug-likeness (QED) is 0.370. The van der Waals surface area contributed by atoms with E-state index in [2.05, 4.69) is 81.3 Å². The molecule has 0 heterocycles. The summed E-state index contributed by atoms with van der Waals surface area (Å²) >= 11 is 0. The molecule has 2 aromatic rings. The first-order chi connectivity index (χ1) is 11.7. The van der Waals surface area contributed by atoms with Crippen LogP contribution < -0.4 is 5.09 Å². The zero-order valence-corrected chi connectivity index (χ0v) is 16.2. The van der Waals surface area contributed by atoms with Gasteiger partial charge in [0.05, 0.1) is 5.69 Å². The van der Waals surface area contributed by atoms with Crippen molar-refractivity contribution in [1.82, 2.24) is 5.09 Å². The van der Waals surface area contributed by atoms with Crippen molar-refractivity contribution in [2.24, 2.45) is 4.99 Å². The van der Waals surface area contributed by atoms with Gasteiger partial charge in [0.15, 0.2) is 0 Å². The van der Waals surface area contributed by atoms with Crippen LogP contribution in [-0.4, -0.2) is 18.2 Å². The predicted molar refractivity (Wildman–Crippen MR) is 109 cm³/mol. The third-order valence-corrected chi connectivity index (χ3v) is 6.15. The third kappa shape index (κ3) is 5.18. The maximum absolute atomic E-state index is 5.03. The minimum atomic E-state index is -0.221. The van der Waals surface area contributed by atoms with Crippen LogP contribution >= 0.6 is 8.07 Å². The minimum absolute atomic E-state index is 0.221. The molecule has 0 aliphatic carbocycles. The number of rotatable bonds is 7. The van der Waals surface area contributed by atoms with Crippen LogP contribution in [0.5, 0.6) is 0 Å². The molecule has 24 heavy (non-hydrogen) atoms. The van der Waals surface area contributed by atoms with E-state index in [0.29, 0.717) is 0 Å². The van der Waals surface area contributed by atoms with Crippen molar-refractivity contribution in [3.05, 3.63) is 65.2 Å². The van der Waals surface area contributed by atoms with E-state index in [1.165, 1.54) is 16.7 Å². The number of nitrogens with one attached hydrogen (secondary N) is 1. The van der Waals surface area contributed by atoms with Gasteiger partial charge in [-0.1, -0.05) is 75.2 Å². The first-order valence-corrected chi connectivity index (χ1v) is 10.6. The van der Waals surface area contributed by atoms with E-state index in [4.69, 9.17) is 4.99 Å². The SMILES string of the molecule is CCCc1ccccc1N=C(NP(CC)CC)c1ccc(C)cc1. The standard InChI is InChI=1S/C21H29N2P/c1-5-10-18-11-8-9-12-20(18)22-21(23-24(6-2)7-3)19-15-13-17(4)14-16-19/h8-9,11-16H,5-7,10H2,1-4H3,(H,22,23). The molecule has 1 N–H and O–H groups in total. The summed E-state index contributed by atoms with van der Waals surface area (Å²) < 4.78 is 0. The van der Waals surface area contributed by atoms with Gasteiger partial charge in [0.2, 0.25) is 0 Å². The average molecular weight is 340 g/mol. The van der Waals surface area contributed by atoms with Gasteiger partial charge in [-0.3, -0.25) is 0 Å². The molecule has 0 amide bonds. The molecule has 2 nitrogen and oxygen atoms in total. The zero-order chi connectivity index (χ0) is 17.4. The van der Waals surface area contributed by atoms with Crippen molar-refractivity contribution in [1.29, 1.82) is 0 Å². The third-order valence-electron chi connectivity index (χ3n) is 4.10. The summed E-state index contributed by atoms with van der Waals surface area (Å²) in [4.78, 5) is 5.03. The van der Waals surface area contributed by atoms with Gasteiger partial charge in [-0.2, -0.15) is 0 Å². The lowest BCUT2D eigenvalue weighted by atomic mass is 10.1. The van der Waals surface area contributed by atoms with Gasteiger partial charge in [0.1, 0.15) is 5.84 Å². The highest BCUT2D eigenvalue weighted by Crippen LogP contribution is 2.30. The Morgan fingerprint density at radius 1 is 0.958 bits per heavy atom. The Bertz CT molecular complexity index is 658. The maximum Gasteiger partial charge on any atom is 0.137 e. The molecule has 0 aliphatic heterocycles. The largest absolute Gasteiger partial charge is 0.349 e. The smallest absolute Gasteiger partial charge is 0.137 e. The lowest BCUT2D eigenvalue weighted by Gasteiger charge is -2.19. The molecule has 0 fully saturated rings. The van der Waals surface area contributed by atoms with Crippen molar-refractivity contribution < 1.29 is 0 Å². The highest BCUT2D eigenvalue weighted by molar-refractivity contribution is 7.56. The van der Waals surface area contributed by atoms with Crippen LogP contribution in [0.3, 0.4) is 0 Å². The second-order valence-corrected chi connectivity index (χ2v) is 8.56. The molecule has 0 radical (unpaired) electrons. The Morgan fingerprint density at radius 2 is 1.62 bits per heavy atom. The van der Waals surface area contributed by atoms with E-state index < -0.39 is 0 Å². The fraction of sp³-hybridized carbons (Fsp3) is 0.381. The topological polar surface area (TPSA) is 24.4 Å². The Hall–Kier alpha value is -1.66. The van der Waals surface area contributed by atoms with Crippen molar-refractivity contribution in [2.45, 2.75) is 40.5 Å². The lowest BCUT2D eigenvalue weighted by Crippen LogP contribution is -2.21. The Balaban J connectivity index is 2.43. The Labute approximate surface area is 148 Å². The van der Waals surface area contributed by atoms with Crippen LogP contribution in [0.15, 0.2) is 53.5 Å². The van der Waals surface area contributed by atoms with E-state index in [0.717, 1.165) is 36.7 Å². The first-order valence-electron chi connectivity index (χ1n) is 8.93. The van der Waals surface area contributed by atoms with Gasteiger partial charge in [0, 0.05) is 5.56 Å². The summed E-state index contributed by atoms with van der Waals surface area (Å²) in [5.41, 5.74) is 4.85. The maximum atomic E-state index is 5.03. The fourth-order valence-electron chi connectivity index (χ4n) is 2.62. The number of hydrogen-bond donors (Lipinski definition) is 1. The number of benzene rings is 2. The second kappa shape index (κ2) is 9.59. The minimum Gasteiger partial charge on any atom is -0.349 e. The number of hydrogen-bond acceptors (Lipinski definition) is 1. The van der Waals surface area contributed by atoms with Crippen molar-refractivity contribution in [2.75, 3.05) is 12.3 Å². The Kier molecular flexibility index (Phi) is 7.46. The number of aryl methyl sites for hydroxylation is 2. The zero-order valence-electron chi connectivity index (χ0n) is 15.3. The van der Waals surface area contributed by atoms with Crippen molar-refractivity contribution in [3.63, 3.8) is 0 Å².